The second-order valence-electron chi connectivity index (χ2n) is 4.11. The van der Waals surface area contributed by atoms with Crippen LogP contribution in [0.2, 0.25) is 0 Å². The second-order valence-corrected chi connectivity index (χ2v) is 4.11. The highest BCUT2D eigenvalue weighted by Crippen LogP contribution is 2.29. The molecule has 1 heterocycles. The van der Waals surface area contributed by atoms with E-state index >= 15 is 0 Å². The van der Waals surface area contributed by atoms with Crippen LogP contribution in [0.15, 0.2) is 18.5 Å². The lowest BCUT2D eigenvalue weighted by Gasteiger charge is -2.20. The number of hydrogen-bond acceptors (Lipinski definition) is 5. The van der Waals surface area contributed by atoms with Crippen molar-refractivity contribution in [3.05, 3.63) is 28.6 Å². The van der Waals surface area contributed by atoms with Gasteiger partial charge < -0.3 is 10.1 Å². The van der Waals surface area contributed by atoms with E-state index in [9.17, 15) is 10.1 Å². The van der Waals surface area contributed by atoms with Crippen molar-refractivity contribution < 1.29 is 9.66 Å². The van der Waals surface area contributed by atoms with E-state index in [0.717, 1.165) is 19.3 Å². The minimum atomic E-state index is -0.425. The predicted octanol–water partition coefficient (Wildman–Crippen LogP) is 1.97. The average molecular weight is 237 g/mol. The Morgan fingerprint density at radius 1 is 1.59 bits per heavy atom. The maximum atomic E-state index is 10.8. The number of nitrogens with one attached hydrogen (secondary N) is 1. The fraction of sp³-hybridized carbons (Fsp3) is 0.545. The monoisotopic (exact) mass is 237 g/mol. The molecule has 6 nitrogen and oxygen atoms in total. The lowest BCUT2D eigenvalue weighted by Crippen LogP contribution is -2.29. The van der Waals surface area contributed by atoms with E-state index in [4.69, 9.17) is 4.74 Å². The van der Waals surface area contributed by atoms with Crippen LogP contribution in [-0.2, 0) is 4.74 Å². The summed E-state index contributed by atoms with van der Waals surface area (Å²) in [6, 6.07) is 1.77. The fourth-order valence-electron chi connectivity index (χ4n) is 2.23. The third-order valence-corrected chi connectivity index (χ3v) is 3.09. The summed E-state index contributed by atoms with van der Waals surface area (Å²) < 4.78 is 5.35. The standard InChI is InChI=1S/C11H15N3O3/c1-17-11-4-2-3-9(11)13-8-5-6-12-7-10(8)14(15)16/h5-7,9,11H,2-4H2,1H3,(H,12,13). The summed E-state index contributed by atoms with van der Waals surface area (Å²) in [6.45, 7) is 0. The summed E-state index contributed by atoms with van der Waals surface area (Å²) in [5, 5.41) is 14.0. The van der Waals surface area contributed by atoms with Crippen LogP contribution in [0, 0.1) is 10.1 Å². The molecule has 2 unspecified atom stereocenters. The molecule has 0 radical (unpaired) electrons. The Bertz CT molecular complexity index is 411. The van der Waals surface area contributed by atoms with Crippen LogP contribution in [-0.4, -0.2) is 29.2 Å². The van der Waals surface area contributed by atoms with Gasteiger partial charge in [0.1, 0.15) is 11.9 Å². The molecule has 2 atom stereocenters. The first kappa shape index (κ1) is 11.8. The van der Waals surface area contributed by atoms with Crippen LogP contribution in [0.1, 0.15) is 19.3 Å². The largest absolute Gasteiger partial charge is 0.379 e. The number of methoxy groups -OCH3 is 1. The highest BCUT2D eigenvalue weighted by atomic mass is 16.6. The highest BCUT2D eigenvalue weighted by Gasteiger charge is 2.28. The zero-order chi connectivity index (χ0) is 12.3. The molecule has 0 amide bonds. The first-order chi connectivity index (χ1) is 8.22. The van der Waals surface area contributed by atoms with Gasteiger partial charge in [0.15, 0.2) is 0 Å². The van der Waals surface area contributed by atoms with Crippen LogP contribution in [0.25, 0.3) is 0 Å². The minimum Gasteiger partial charge on any atom is -0.379 e. The van der Waals surface area contributed by atoms with Crippen molar-refractivity contribution in [1.29, 1.82) is 0 Å². The van der Waals surface area contributed by atoms with Crippen molar-refractivity contribution in [2.75, 3.05) is 12.4 Å². The van der Waals surface area contributed by atoms with Gasteiger partial charge in [0, 0.05) is 13.3 Å². The molecule has 0 spiro atoms. The third-order valence-electron chi connectivity index (χ3n) is 3.09. The van der Waals surface area contributed by atoms with Gasteiger partial charge in [-0.2, -0.15) is 0 Å². The minimum absolute atomic E-state index is 0.00857. The molecule has 1 aliphatic carbocycles. The smallest absolute Gasteiger partial charge is 0.310 e. The van der Waals surface area contributed by atoms with Gasteiger partial charge in [-0.15, -0.1) is 0 Å². The van der Waals surface area contributed by atoms with Gasteiger partial charge in [-0.1, -0.05) is 0 Å². The molecule has 0 aromatic carbocycles. The topological polar surface area (TPSA) is 77.3 Å². The predicted molar refractivity (Wildman–Crippen MR) is 63.0 cm³/mol. The van der Waals surface area contributed by atoms with Crippen LogP contribution in [0.3, 0.4) is 0 Å². The average Bonchev–Trinajstić information content (AvgIpc) is 2.77. The quantitative estimate of drug-likeness (QED) is 0.639. The second kappa shape index (κ2) is 5.09. The van der Waals surface area contributed by atoms with E-state index in [-0.39, 0.29) is 17.8 Å². The van der Waals surface area contributed by atoms with Crippen molar-refractivity contribution in [2.24, 2.45) is 0 Å². The molecule has 17 heavy (non-hydrogen) atoms. The maximum Gasteiger partial charge on any atom is 0.310 e. The Labute approximate surface area is 99.2 Å². The van der Waals surface area contributed by atoms with Gasteiger partial charge >= 0.3 is 5.69 Å². The van der Waals surface area contributed by atoms with E-state index in [2.05, 4.69) is 10.3 Å². The molecule has 6 heteroatoms. The summed E-state index contributed by atoms with van der Waals surface area (Å²) in [7, 11) is 1.67. The van der Waals surface area contributed by atoms with Gasteiger partial charge in [0.05, 0.1) is 17.1 Å². The van der Waals surface area contributed by atoms with Crippen LogP contribution < -0.4 is 5.32 Å². The van der Waals surface area contributed by atoms with Crippen molar-refractivity contribution in [3.8, 4) is 0 Å². The van der Waals surface area contributed by atoms with Crippen molar-refractivity contribution in [2.45, 2.75) is 31.4 Å². The van der Waals surface area contributed by atoms with E-state index in [1.165, 1.54) is 6.20 Å². The number of pyridine rings is 1. The third kappa shape index (κ3) is 2.52. The van der Waals surface area contributed by atoms with Crippen molar-refractivity contribution in [1.82, 2.24) is 4.98 Å². The molecular formula is C11H15N3O3. The summed E-state index contributed by atoms with van der Waals surface area (Å²) in [4.78, 5) is 14.2. The molecule has 1 aromatic heterocycles. The number of nitrogens with zero attached hydrogens (tertiary/aromatic N) is 2. The zero-order valence-electron chi connectivity index (χ0n) is 9.63. The molecule has 92 valence electrons. The van der Waals surface area contributed by atoms with Gasteiger partial charge in [-0.05, 0) is 25.3 Å². The fourth-order valence-corrected chi connectivity index (χ4v) is 2.23. The van der Waals surface area contributed by atoms with Crippen molar-refractivity contribution >= 4 is 11.4 Å². The van der Waals surface area contributed by atoms with E-state index in [0.29, 0.717) is 5.69 Å². The molecular weight excluding hydrogens is 222 g/mol. The molecule has 1 saturated carbocycles. The summed E-state index contributed by atoms with van der Waals surface area (Å²) in [6.07, 6.45) is 5.98. The highest BCUT2D eigenvalue weighted by molar-refractivity contribution is 5.60. The number of nitro groups is 1. The summed E-state index contributed by atoms with van der Waals surface area (Å²) in [5.41, 5.74) is 0.521. The molecule has 0 bridgehead atoms. The number of rotatable bonds is 4. The summed E-state index contributed by atoms with van der Waals surface area (Å²) >= 11 is 0. The molecule has 1 fully saturated rings. The Morgan fingerprint density at radius 2 is 2.41 bits per heavy atom. The summed E-state index contributed by atoms with van der Waals surface area (Å²) in [5.74, 6) is 0. The van der Waals surface area contributed by atoms with Crippen LogP contribution in [0.5, 0.6) is 0 Å². The molecule has 1 N–H and O–H groups in total. The molecule has 0 aliphatic heterocycles. The molecule has 0 saturated heterocycles. The first-order valence-corrected chi connectivity index (χ1v) is 5.60. The zero-order valence-corrected chi connectivity index (χ0v) is 9.63. The van der Waals surface area contributed by atoms with Gasteiger partial charge in [-0.3, -0.25) is 15.1 Å². The Hall–Kier alpha value is -1.69. The van der Waals surface area contributed by atoms with E-state index < -0.39 is 4.92 Å². The lowest BCUT2D eigenvalue weighted by molar-refractivity contribution is -0.384. The van der Waals surface area contributed by atoms with Gasteiger partial charge in [0.25, 0.3) is 0 Å². The van der Waals surface area contributed by atoms with Crippen molar-refractivity contribution in [3.63, 3.8) is 0 Å². The molecule has 2 rings (SSSR count). The Kier molecular flexibility index (Phi) is 3.53. The Balaban J connectivity index is 2.15. The first-order valence-electron chi connectivity index (χ1n) is 5.60. The van der Waals surface area contributed by atoms with Crippen LogP contribution in [0.4, 0.5) is 11.4 Å². The number of ether oxygens (including phenoxy) is 1. The molecule has 1 aliphatic rings. The number of aromatic nitrogens is 1. The lowest BCUT2D eigenvalue weighted by atomic mass is 10.2. The Morgan fingerprint density at radius 3 is 3.12 bits per heavy atom. The number of anilines is 1. The maximum absolute atomic E-state index is 10.8. The number of hydrogen-bond donors (Lipinski definition) is 1. The SMILES string of the molecule is COC1CCCC1Nc1ccncc1[N+](=O)[O-]. The van der Waals surface area contributed by atoms with E-state index in [1.54, 1.807) is 19.4 Å². The molecule has 1 aromatic rings. The van der Waals surface area contributed by atoms with E-state index in [1.807, 2.05) is 0 Å². The van der Waals surface area contributed by atoms with Gasteiger partial charge in [0.2, 0.25) is 0 Å². The van der Waals surface area contributed by atoms with Gasteiger partial charge in [-0.25, -0.2) is 0 Å². The normalized spacial score (nSPS) is 23.6. The van der Waals surface area contributed by atoms with Crippen LogP contribution >= 0.6 is 0 Å².